The monoisotopic (exact) mass is 377 g/mol. The van der Waals surface area contributed by atoms with Crippen LogP contribution in [0.2, 0.25) is 0 Å². The van der Waals surface area contributed by atoms with E-state index >= 15 is 0 Å². The Bertz CT molecular complexity index is 772. The van der Waals surface area contributed by atoms with Crippen LogP contribution in [-0.2, 0) is 9.53 Å². The SMILES string of the molecule is N/C=C\N(N)CC1CN(c2ccc(N3C=NN(C=O)CC3)c(F)c2)C(=O)O1. The number of halogens is 1. The lowest BCUT2D eigenvalue weighted by Gasteiger charge is -2.27. The summed E-state index contributed by atoms with van der Waals surface area (Å²) < 4.78 is 19.8. The molecular formula is C16H20FN7O3. The summed E-state index contributed by atoms with van der Waals surface area (Å²) in [7, 11) is 0. The molecule has 1 aromatic carbocycles. The Morgan fingerprint density at radius 3 is 2.85 bits per heavy atom. The van der Waals surface area contributed by atoms with E-state index in [4.69, 9.17) is 16.3 Å². The average molecular weight is 377 g/mol. The molecule has 27 heavy (non-hydrogen) atoms. The lowest BCUT2D eigenvalue weighted by atomic mass is 10.2. The van der Waals surface area contributed by atoms with Gasteiger partial charge in [0.25, 0.3) is 0 Å². The Balaban J connectivity index is 1.70. The quantitative estimate of drug-likeness (QED) is 0.406. The molecule has 1 atom stereocenters. The van der Waals surface area contributed by atoms with Gasteiger partial charge in [-0.1, -0.05) is 0 Å². The van der Waals surface area contributed by atoms with Crippen LogP contribution in [0.15, 0.2) is 35.7 Å². The molecule has 0 aliphatic carbocycles. The highest BCUT2D eigenvalue weighted by Gasteiger charge is 2.33. The summed E-state index contributed by atoms with van der Waals surface area (Å²) in [5, 5.41) is 6.43. The largest absolute Gasteiger partial charge is 0.442 e. The van der Waals surface area contributed by atoms with Gasteiger partial charge in [-0.15, -0.1) is 0 Å². The molecule has 4 N–H and O–H groups in total. The number of hydrogen-bond donors (Lipinski definition) is 2. The first-order chi connectivity index (χ1) is 13.0. The summed E-state index contributed by atoms with van der Waals surface area (Å²) in [6, 6.07) is 4.45. The Morgan fingerprint density at radius 2 is 2.22 bits per heavy atom. The van der Waals surface area contributed by atoms with Gasteiger partial charge >= 0.3 is 6.09 Å². The highest BCUT2D eigenvalue weighted by molar-refractivity contribution is 5.90. The van der Waals surface area contributed by atoms with Gasteiger partial charge in [-0.3, -0.25) is 9.69 Å². The van der Waals surface area contributed by atoms with Gasteiger partial charge in [0.1, 0.15) is 18.3 Å². The summed E-state index contributed by atoms with van der Waals surface area (Å²) in [6.45, 7) is 1.26. The fourth-order valence-corrected chi connectivity index (χ4v) is 2.85. The zero-order valence-corrected chi connectivity index (χ0v) is 14.4. The predicted octanol–water partition coefficient (Wildman–Crippen LogP) is -0.0218. The van der Waals surface area contributed by atoms with Crippen LogP contribution in [0.3, 0.4) is 0 Å². The maximum atomic E-state index is 14.6. The molecule has 0 aromatic heterocycles. The van der Waals surface area contributed by atoms with Gasteiger partial charge < -0.3 is 20.4 Å². The molecular weight excluding hydrogens is 357 g/mol. The number of hydrogen-bond acceptors (Lipinski definition) is 8. The zero-order chi connectivity index (χ0) is 19.4. The Morgan fingerprint density at radius 1 is 1.41 bits per heavy atom. The molecule has 11 heteroatoms. The van der Waals surface area contributed by atoms with Gasteiger partial charge in [0.05, 0.1) is 31.0 Å². The number of hydrazone groups is 1. The summed E-state index contributed by atoms with van der Waals surface area (Å²) in [5.74, 6) is 5.18. The van der Waals surface area contributed by atoms with Crippen molar-refractivity contribution in [2.75, 3.05) is 36.0 Å². The summed E-state index contributed by atoms with van der Waals surface area (Å²) in [4.78, 5) is 25.7. The predicted molar refractivity (Wildman–Crippen MR) is 96.8 cm³/mol. The molecule has 2 heterocycles. The van der Waals surface area contributed by atoms with Crippen LogP contribution in [0.5, 0.6) is 0 Å². The number of amides is 2. The Hall–Kier alpha value is -3.34. The molecule has 2 amide bonds. The number of hydrazine groups is 1. The van der Waals surface area contributed by atoms with Crippen molar-refractivity contribution in [3.63, 3.8) is 0 Å². The standard InChI is InChI=1S/C16H20FN7O3/c17-14-7-12(1-2-15(14)21-5-6-23(11-25)20-10-21)24-9-13(27-16(24)26)8-22(19)4-3-18/h1-4,7,10-11,13H,5-6,8-9,18-19H2/b4-3-. The van der Waals surface area contributed by atoms with Crippen molar-refractivity contribution >= 4 is 30.2 Å². The van der Waals surface area contributed by atoms with E-state index in [1.165, 1.54) is 39.7 Å². The minimum Gasteiger partial charge on any atom is -0.442 e. The van der Waals surface area contributed by atoms with E-state index in [0.717, 1.165) is 0 Å². The highest BCUT2D eigenvalue weighted by atomic mass is 19.1. The first-order valence-corrected chi connectivity index (χ1v) is 8.22. The van der Waals surface area contributed by atoms with Crippen LogP contribution in [0.1, 0.15) is 0 Å². The third-order valence-corrected chi connectivity index (χ3v) is 4.15. The first-order valence-electron chi connectivity index (χ1n) is 8.22. The minimum atomic E-state index is -0.571. The van der Waals surface area contributed by atoms with Gasteiger partial charge in [0.2, 0.25) is 6.41 Å². The van der Waals surface area contributed by atoms with Gasteiger partial charge in [0.15, 0.2) is 0 Å². The highest BCUT2D eigenvalue weighted by Crippen LogP contribution is 2.28. The topological polar surface area (TPSA) is 121 Å². The second-order valence-electron chi connectivity index (χ2n) is 5.98. The van der Waals surface area contributed by atoms with E-state index < -0.39 is 18.0 Å². The van der Waals surface area contributed by atoms with E-state index in [9.17, 15) is 14.0 Å². The number of carbonyl (C=O) groups excluding carboxylic acids is 2. The van der Waals surface area contributed by atoms with Crippen LogP contribution >= 0.6 is 0 Å². The van der Waals surface area contributed by atoms with E-state index in [1.807, 2.05) is 0 Å². The fraction of sp³-hybridized carbons (Fsp3) is 0.312. The summed E-state index contributed by atoms with van der Waals surface area (Å²) in [6.07, 6.45) is 3.69. The second kappa shape index (κ2) is 7.91. The molecule has 0 radical (unpaired) electrons. The molecule has 1 fully saturated rings. The zero-order valence-electron chi connectivity index (χ0n) is 14.4. The lowest BCUT2D eigenvalue weighted by Crippen LogP contribution is -2.37. The molecule has 2 aliphatic heterocycles. The first kappa shape index (κ1) is 18.5. The van der Waals surface area contributed by atoms with Crippen molar-refractivity contribution in [2.45, 2.75) is 6.10 Å². The van der Waals surface area contributed by atoms with Crippen molar-refractivity contribution in [3.8, 4) is 0 Å². The summed E-state index contributed by atoms with van der Waals surface area (Å²) in [5.41, 5.74) is 5.95. The van der Waals surface area contributed by atoms with Gasteiger partial charge in [-0.05, 0) is 18.2 Å². The van der Waals surface area contributed by atoms with Crippen molar-refractivity contribution in [1.29, 1.82) is 0 Å². The van der Waals surface area contributed by atoms with E-state index in [0.29, 0.717) is 30.9 Å². The fourth-order valence-electron chi connectivity index (χ4n) is 2.85. The van der Waals surface area contributed by atoms with E-state index in [2.05, 4.69) is 5.10 Å². The van der Waals surface area contributed by atoms with E-state index in [-0.39, 0.29) is 13.1 Å². The van der Waals surface area contributed by atoms with Crippen LogP contribution < -0.4 is 21.4 Å². The van der Waals surface area contributed by atoms with Crippen LogP contribution in [0.25, 0.3) is 0 Å². The molecule has 0 spiro atoms. The third-order valence-electron chi connectivity index (χ3n) is 4.15. The van der Waals surface area contributed by atoms with Crippen LogP contribution in [-0.4, -0.2) is 61.1 Å². The molecule has 0 saturated carbocycles. The van der Waals surface area contributed by atoms with Gasteiger partial charge in [-0.25, -0.2) is 20.0 Å². The maximum absolute atomic E-state index is 14.6. The van der Waals surface area contributed by atoms with Crippen LogP contribution in [0, 0.1) is 5.82 Å². The van der Waals surface area contributed by atoms with Gasteiger partial charge in [-0.2, -0.15) is 5.10 Å². The van der Waals surface area contributed by atoms with Crippen molar-refractivity contribution in [3.05, 3.63) is 36.4 Å². The van der Waals surface area contributed by atoms with Crippen molar-refractivity contribution in [2.24, 2.45) is 16.7 Å². The molecule has 0 bridgehead atoms. The third kappa shape index (κ3) is 4.08. The molecule has 3 rings (SSSR count). The number of ether oxygens (including phenoxy) is 1. The number of cyclic esters (lactones) is 1. The maximum Gasteiger partial charge on any atom is 0.414 e. The summed E-state index contributed by atoms with van der Waals surface area (Å²) >= 11 is 0. The smallest absolute Gasteiger partial charge is 0.414 e. The van der Waals surface area contributed by atoms with Crippen molar-refractivity contribution < 1.29 is 18.7 Å². The number of rotatable bonds is 6. The number of nitrogens with two attached hydrogens (primary N) is 2. The Kier molecular flexibility index (Phi) is 5.41. The van der Waals surface area contributed by atoms with Crippen LogP contribution in [0.4, 0.5) is 20.6 Å². The Labute approximate surface area is 155 Å². The molecule has 2 aliphatic rings. The molecule has 144 valence electrons. The molecule has 1 saturated heterocycles. The number of benzene rings is 1. The number of anilines is 2. The normalized spacial score (nSPS) is 19.7. The molecule has 10 nitrogen and oxygen atoms in total. The van der Waals surface area contributed by atoms with Crippen molar-refractivity contribution in [1.82, 2.24) is 10.0 Å². The van der Waals surface area contributed by atoms with Gasteiger partial charge in [0, 0.05) is 18.9 Å². The number of carbonyl (C=O) groups is 2. The second-order valence-corrected chi connectivity index (χ2v) is 5.98. The van der Waals surface area contributed by atoms with E-state index in [1.54, 1.807) is 17.0 Å². The molecule has 1 aromatic rings. The molecule has 1 unspecified atom stereocenters. The lowest BCUT2D eigenvalue weighted by molar-refractivity contribution is -0.118. The average Bonchev–Trinajstić information content (AvgIpc) is 3.02. The minimum absolute atomic E-state index is 0.239. The number of nitrogens with zero attached hydrogens (tertiary/aromatic N) is 5.